The van der Waals surface area contributed by atoms with Gasteiger partial charge in [0.1, 0.15) is 0 Å². The van der Waals surface area contributed by atoms with Crippen molar-refractivity contribution < 1.29 is 9.59 Å². The molecule has 16 heavy (non-hydrogen) atoms. The van der Waals surface area contributed by atoms with Crippen LogP contribution in [0.5, 0.6) is 0 Å². The number of hydrogen-bond donors (Lipinski definition) is 1. The zero-order chi connectivity index (χ0) is 12.3. The number of hydrogen-bond acceptors (Lipinski definition) is 2. The summed E-state index contributed by atoms with van der Waals surface area (Å²) in [6.07, 6.45) is 1.62. The van der Waals surface area contributed by atoms with E-state index >= 15 is 0 Å². The molecule has 3 amide bonds. The minimum atomic E-state index is -0.239. The highest BCUT2D eigenvalue weighted by atomic mass is 16.2. The Hall–Kier alpha value is -1.06. The van der Waals surface area contributed by atoms with Crippen molar-refractivity contribution in [3.63, 3.8) is 0 Å². The molecule has 0 aliphatic carbocycles. The highest BCUT2D eigenvalue weighted by Gasteiger charge is 2.35. The molecule has 0 saturated carbocycles. The van der Waals surface area contributed by atoms with Crippen molar-refractivity contribution in [1.29, 1.82) is 0 Å². The maximum atomic E-state index is 12.1. The molecule has 4 nitrogen and oxygen atoms in total. The molecular weight excluding hydrogens is 204 g/mol. The van der Waals surface area contributed by atoms with Crippen LogP contribution in [0.15, 0.2) is 0 Å². The Balaban J connectivity index is 2.69. The van der Waals surface area contributed by atoms with Gasteiger partial charge in [0.25, 0.3) is 0 Å². The summed E-state index contributed by atoms with van der Waals surface area (Å²) in [4.78, 5) is 24.9. The van der Waals surface area contributed by atoms with E-state index in [4.69, 9.17) is 0 Å². The van der Waals surface area contributed by atoms with Crippen molar-refractivity contribution in [2.24, 2.45) is 11.3 Å². The van der Waals surface area contributed by atoms with Crippen LogP contribution in [0, 0.1) is 11.3 Å². The van der Waals surface area contributed by atoms with E-state index in [1.807, 2.05) is 6.92 Å². The molecule has 1 fully saturated rings. The van der Waals surface area contributed by atoms with Crippen LogP contribution in [-0.2, 0) is 4.79 Å². The number of carbonyl (C=O) groups excluding carboxylic acids is 2. The summed E-state index contributed by atoms with van der Waals surface area (Å²) in [5, 5.41) is 2.79. The van der Waals surface area contributed by atoms with Gasteiger partial charge in [0.05, 0.1) is 5.92 Å². The van der Waals surface area contributed by atoms with Gasteiger partial charge in [0, 0.05) is 13.1 Å². The van der Waals surface area contributed by atoms with E-state index in [-0.39, 0.29) is 23.3 Å². The van der Waals surface area contributed by atoms with Crippen molar-refractivity contribution >= 4 is 11.9 Å². The van der Waals surface area contributed by atoms with Gasteiger partial charge in [-0.2, -0.15) is 0 Å². The lowest BCUT2D eigenvalue weighted by Gasteiger charge is -2.34. The van der Waals surface area contributed by atoms with Crippen LogP contribution in [0.25, 0.3) is 0 Å². The Bertz CT molecular complexity index is 281. The van der Waals surface area contributed by atoms with E-state index in [1.165, 1.54) is 4.90 Å². The number of amides is 3. The molecule has 1 atom stereocenters. The molecule has 4 heteroatoms. The second-order valence-corrected chi connectivity index (χ2v) is 5.64. The monoisotopic (exact) mass is 226 g/mol. The average Bonchev–Trinajstić information content (AvgIpc) is 2.15. The van der Waals surface area contributed by atoms with Crippen molar-refractivity contribution in [3.05, 3.63) is 0 Å². The summed E-state index contributed by atoms with van der Waals surface area (Å²) in [6, 6.07) is -0.239. The summed E-state index contributed by atoms with van der Waals surface area (Å²) in [6.45, 7) is 9.30. The number of urea groups is 1. The summed E-state index contributed by atoms with van der Waals surface area (Å²) >= 11 is 0. The van der Waals surface area contributed by atoms with Gasteiger partial charge >= 0.3 is 6.03 Å². The van der Waals surface area contributed by atoms with Crippen LogP contribution in [-0.4, -0.2) is 29.9 Å². The SMILES string of the molecule is CCCN1C(=O)NCC(CC(C)(C)C)C1=O. The number of nitrogens with one attached hydrogen (secondary N) is 1. The quantitative estimate of drug-likeness (QED) is 0.800. The van der Waals surface area contributed by atoms with Gasteiger partial charge < -0.3 is 5.32 Å². The molecule has 0 aromatic rings. The molecule has 0 aromatic carbocycles. The highest BCUT2D eigenvalue weighted by molar-refractivity contribution is 5.98. The lowest BCUT2D eigenvalue weighted by Crippen LogP contribution is -2.55. The van der Waals surface area contributed by atoms with Gasteiger partial charge in [-0.1, -0.05) is 27.7 Å². The highest BCUT2D eigenvalue weighted by Crippen LogP contribution is 2.26. The maximum Gasteiger partial charge on any atom is 0.324 e. The molecule has 0 spiro atoms. The average molecular weight is 226 g/mol. The van der Waals surface area contributed by atoms with Crippen molar-refractivity contribution in [2.75, 3.05) is 13.1 Å². The fraction of sp³-hybridized carbons (Fsp3) is 0.833. The Labute approximate surface area is 97.4 Å². The molecule has 0 radical (unpaired) electrons. The number of nitrogens with zero attached hydrogens (tertiary/aromatic N) is 1. The molecule has 0 aromatic heterocycles. The molecular formula is C12H22N2O2. The number of carbonyl (C=O) groups is 2. The molecule has 1 aliphatic rings. The second-order valence-electron chi connectivity index (χ2n) is 5.64. The molecule has 1 N–H and O–H groups in total. The van der Waals surface area contributed by atoms with Gasteiger partial charge in [0.15, 0.2) is 0 Å². The molecule has 1 heterocycles. The summed E-state index contributed by atoms with van der Waals surface area (Å²) in [5.41, 5.74) is 0.111. The van der Waals surface area contributed by atoms with Gasteiger partial charge in [-0.15, -0.1) is 0 Å². The predicted molar refractivity (Wildman–Crippen MR) is 63.0 cm³/mol. The van der Waals surface area contributed by atoms with Crippen LogP contribution in [0.4, 0.5) is 4.79 Å². The largest absolute Gasteiger partial charge is 0.337 e. The molecule has 0 bridgehead atoms. The molecule has 1 saturated heterocycles. The standard InChI is InChI=1S/C12H22N2O2/c1-5-6-14-10(15)9(7-12(2,3)4)8-13-11(14)16/h9H,5-8H2,1-4H3,(H,13,16). The summed E-state index contributed by atoms with van der Waals surface area (Å²) < 4.78 is 0. The zero-order valence-electron chi connectivity index (χ0n) is 10.7. The smallest absolute Gasteiger partial charge is 0.324 e. The first-order valence-electron chi connectivity index (χ1n) is 5.94. The molecule has 1 aliphatic heterocycles. The van der Waals surface area contributed by atoms with Gasteiger partial charge in [-0.25, -0.2) is 4.79 Å². The third-order valence-electron chi connectivity index (χ3n) is 2.67. The van der Waals surface area contributed by atoms with E-state index in [9.17, 15) is 9.59 Å². The van der Waals surface area contributed by atoms with E-state index in [0.29, 0.717) is 13.1 Å². The number of imide groups is 1. The Morgan fingerprint density at radius 2 is 2.00 bits per heavy atom. The fourth-order valence-electron chi connectivity index (χ4n) is 2.05. The van der Waals surface area contributed by atoms with Gasteiger partial charge in [0.2, 0.25) is 5.91 Å². The van der Waals surface area contributed by atoms with E-state index in [2.05, 4.69) is 26.1 Å². The van der Waals surface area contributed by atoms with E-state index < -0.39 is 0 Å². The summed E-state index contributed by atoms with van der Waals surface area (Å²) in [7, 11) is 0. The van der Waals surface area contributed by atoms with Gasteiger partial charge in [-0.3, -0.25) is 9.69 Å². The van der Waals surface area contributed by atoms with E-state index in [0.717, 1.165) is 12.8 Å². The zero-order valence-corrected chi connectivity index (χ0v) is 10.7. The van der Waals surface area contributed by atoms with Crippen LogP contribution < -0.4 is 5.32 Å². The fourth-order valence-corrected chi connectivity index (χ4v) is 2.05. The third kappa shape index (κ3) is 3.22. The minimum Gasteiger partial charge on any atom is -0.337 e. The predicted octanol–water partition coefficient (Wildman–Crippen LogP) is 2.00. The lowest BCUT2D eigenvalue weighted by molar-refractivity contribution is -0.134. The third-order valence-corrected chi connectivity index (χ3v) is 2.67. The lowest BCUT2D eigenvalue weighted by atomic mass is 9.83. The Morgan fingerprint density at radius 1 is 1.38 bits per heavy atom. The van der Waals surface area contributed by atoms with Crippen LogP contribution in [0.3, 0.4) is 0 Å². The number of rotatable bonds is 3. The van der Waals surface area contributed by atoms with Crippen molar-refractivity contribution in [2.45, 2.75) is 40.5 Å². The molecule has 92 valence electrons. The first kappa shape index (κ1) is 13.0. The van der Waals surface area contributed by atoms with Crippen LogP contribution in [0.2, 0.25) is 0 Å². The maximum absolute atomic E-state index is 12.1. The van der Waals surface area contributed by atoms with Crippen molar-refractivity contribution in [1.82, 2.24) is 10.2 Å². The van der Waals surface area contributed by atoms with Gasteiger partial charge in [-0.05, 0) is 18.3 Å². The second kappa shape index (κ2) is 4.85. The first-order chi connectivity index (χ1) is 7.35. The molecule has 1 unspecified atom stereocenters. The van der Waals surface area contributed by atoms with Crippen LogP contribution in [0.1, 0.15) is 40.5 Å². The first-order valence-corrected chi connectivity index (χ1v) is 5.94. The van der Waals surface area contributed by atoms with E-state index in [1.54, 1.807) is 0 Å². The normalized spacial score (nSPS) is 22.2. The minimum absolute atomic E-state index is 0.0134. The topological polar surface area (TPSA) is 49.4 Å². The Kier molecular flexibility index (Phi) is 3.94. The molecule has 1 rings (SSSR count). The van der Waals surface area contributed by atoms with Crippen molar-refractivity contribution in [3.8, 4) is 0 Å². The summed E-state index contributed by atoms with van der Waals surface area (Å²) in [5.74, 6) is -0.0789. The van der Waals surface area contributed by atoms with Crippen LogP contribution >= 0.6 is 0 Å². The Morgan fingerprint density at radius 3 is 2.50 bits per heavy atom.